The van der Waals surface area contributed by atoms with Crippen molar-refractivity contribution >= 4 is 45.9 Å². The summed E-state index contributed by atoms with van der Waals surface area (Å²) in [6, 6.07) is 0. The van der Waals surface area contributed by atoms with Gasteiger partial charge in [0.25, 0.3) is 0 Å². The summed E-state index contributed by atoms with van der Waals surface area (Å²) in [5.41, 5.74) is 0. The first-order valence-electron chi connectivity index (χ1n) is 0. The van der Waals surface area contributed by atoms with Crippen molar-refractivity contribution in [2.75, 3.05) is 0 Å². The Balaban J connectivity index is 0. The second-order valence-corrected chi connectivity index (χ2v) is 0. The third-order valence-electron chi connectivity index (χ3n) is 0. The molecule has 0 nitrogen and oxygen atoms in total. The fraction of sp³-hybridized carbons (Fsp3) is 0. The van der Waals surface area contributed by atoms with Crippen molar-refractivity contribution in [3.8, 4) is 0 Å². The molecule has 0 heterocycles. The number of hydrogen-bond donors (Lipinski definition) is 0. The van der Waals surface area contributed by atoms with Crippen molar-refractivity contribution in [2.45, 2.75) is 0 Å². The molecule has 10 heteroatoms. The summed E-state index contributed by atoms with van der Waals surface area (Å²) in [6.07, 6.45) is 0. The minimum absolute atomic E-state index is 0. The maximum Gasteiger partial charge on any atom is 0 e. The third-order valence-corrected chi connectivity index (χ3v) is 0. The van der Waals surface area contributed by atoms with E-state index >= 15 is 0 Å². The minimum atomic E-state index is 0. The molecule has 0 aliphatic carbocycles. The largest absolute Gasteiger partial charge is 0.0149 e. The Hall–Kier alpha value is 7.15. The summed E-state index contributed by atoms with van der Waals surface area (Å²) >= 11 is 0. The van der Waals surface area contributed by atoms with Crippen molar-refractivity contribution < 1.29 is 178 Å². The van der Waals surface area contributed by atoms with Gasteiger partial charge < -0.3 is 0 Å². The van der Waals surface area contributed by atoms with Gasteiger partial charge in [-0.2, -0.15) is 0 Å². The van der Waals surface area contributed by atoms with Crippen LogP contribution in [0, 0.1) is 41.7 Å². The van der Waals surface area contributed by atoms with Crippen LogP contribution in [0.2, 0.25) is 0 Å². The maximum absolute atomic E-state index is 0. The van der Waals surface area contributed by atoms with Gasteiger partial charge in [0.2, 0.25) is 0 Å². The third kappa shape index (κ3) is 59.3. The maximum atomic E-state index is 0. The van der Waals surface area contributed by atoms with E-state index in [0.29, 0.717) is 0 Å². The number of hydrogen-bond acceptors (Lipinski definition) is 0. The van der Waals surface area contributed by atoms with Gasteiger partial charge in [-0.3, -0.25) is 0 Å². The summed E-state index contributed by atoms with van der Waals surface area (Å²) in [6.45, 7) is 0. The normalized spacial score (nSPS) is 0. The van der Waals surface area contributed by atoms with Crippen LogP contribution in [0.3, 0.4) is 0 Å². The van der Waals surface area contributed by atoms with Crippen molar-refractivity contribution in [3.63, 3.8) is 0 Å². The van der Waals surface area contributed by atoms with E-state index < -0.39 is 0 Å². The quantitative estimate of drug-likeness (QED) is 0.217. The van der Waals surface area contributed by atoms with Crippen molar-refractivity contribution in [1.82, 2.24) is 0 Å². The molecule has 0 N–H and O–H groups in total. The van der Waals surface area contributed by atoms with Crippen LogP contribution in [-0.4, -0.2) is 45.9 Å². The predicted octanol–water partition coefficient (Wildman–Crippen LogP) is -4.10. The molecule has 0 spiro atoms. The van der Waals surface area contributed by atoms with Crippen molar-refractivity contribution in [2.24, 2.45) is 0 Å². The van der Waals surface area contributed by atoms with E-state index in [4.69, 9.17) is 0 Å². The van der Waals surface area contributed by atoms with Gasteiger partial charge in [-0.25, -0.2) is 0 Å². The molecule has 0 unspecified atom stereocenters. The molecule has 0 amide bonds. The smallest absolute Gasteiger partial charge is 0 e. The van der Waals surface area contributed by atoms with Gasteiger partial charge in [0, 0.05) is 178 Å². The Morgan fingerprint density at radius 1 is 1.00 bits per heavy atom. The summed E-state index contributed by atoms with van der Waals surface area (Å²) in [5, 5.41) is 0. The second kappa shape index (κ2) is 72.5. The Labute approximate surface area is 217 Å². The van der Waals surface area contributed by atoms with Gasteiger partial charge in [-0.15, -0.1) is 0 Å². The Kier molecular flexibility index (Phi) is 635. The molecule has 0 rings (SSSR count). The van der Waals surface area contributed by atoms with E-state index in [9.17, 15) is 0 Å². The molecule has 0 aromatic rings. The fourth-order valence-corrected chi connectivity index (χ4v) is 0. The first kappa shape index (κ1) is 87.5. The monoisotopic (exact) mass is 923 g/mol. The van der Waals surface area contributed by atoms with Gasteiger partial charge in [0.05, 0.1) is 0 Å². The van der Waals surface area contributed by atoms with Gasteiger partial charge in [0.1, 0.15) is 0 Å². The molecule has 0 bridgehead atoms. The molecule has 0 aliphatic rings. The first-order valence-corrected chi connectivity index (χ1v) is 0. The minimum Gasteiger partial charge on any atom is -0.0149 e. The molecule has 0 fully saturated rings. The molecular formula is H11AlCeCrGeHfNbSiTaTiZr. The number of rotatable bonds is 0. The molecule has 0 aromatic heterocycles. The molecule has 0 saturated carbocycles. The Morgan fingerprint density at radius 3 is 1.00 bits per heavy atom. The van der Waals surface area contributed by atoms with Crippen LogP contribution in [0.1, 0.15) is 0 Å². The molecule has 2 radical (unpaired) electrons. The molecule has 0 saturated heterocycles. The van der Waals surface area contributed by atoms with E-state index in [2.05, 4.69) is 0 Å². The van der Waals surface area contributed by atoms with E-state index in [1.54, 1.807) is 0 Å². The van der Waals surface area contributed by atoms with Crippen LogP contribution < -0.4 is 0 Å². The SMILES string of the molecule is [AlH3].[Ce].[Cr].[GeH4].[Hf].[Nb].[SiH4].[Ta].[Ti].[Zr]. The van der Waals surface area contributed by atoms with Gasteiger partial charge in [0.15, 0.2) is 17.4 Å². The van der Waals surface area contributed by atoms with Crippen molar-refractivity contribution in [1.29, 1.82) is 0 Å². The van der Waals surface area contributed by atoms with Gasteiger partial charge in [-0.1, -0.05) is 0 Å². The summed E-state index contributed by atoms with van der Waals surface area (Å²) in [5.74, 6) is 0. The second-order valence-electron chi connectivity index (χ2n) is 0. The molecular weight excluding hydrogens is 911 g/mol. The summed E-state index contributed by atoms with van der Waals surface area (Å²) in [4.78, 5) is 0. The summed E-state index contributed by atoms with van der Waals surface area (Å²) < 4.78 is 0. The molecule has 0 aromatic carbocycles. The molecule has 54 valence electrons. The zero-order valence-electron chi connectivity index (χ0n) is 3.30. The van der Waals surface area contributed by atoms with E-state index in [0.717, 1.165) is 0 Å². The molecule has 0 aliphatic heterocycles. The molecule has 0 atom stereocenters. The zero-order chi connectivity index (χ0) is 0. The van der Waals surface area contributed by atoms with E-state index in [1.165, 1.54) is 0 Å². The van der Waals surface area contributed by atoms with Crippen molar-refractivity contribution in [3.05, 3.63) is 0 Å². The predicted molar refractivity (Wildman–Crippen MR) is 32.6 cm³/mol. The standard InChI is InChI=1S/Al.Ce.Cr.GeH4.Hf.Nb.H4Si.Ta.Ti.Zr.3H/h;;;1H4;;;1H4;;;;;;. The van der Waals surface area contributed by atoms with Crippen LogP contribution in [-0.2, 0) is 136 Å². The van der Waals surface area contributed by atoms with E-state index in [-0.39, 0.29) is 224 Å². The van der Waals surface area contributed by atoms with Gasteiger partial charge in [-0.05, 0) is 11.0 Å². The van der Waals surface area contributed by atoms with Gasteiger partial charge >= 0.3 is 17.6 Å². The first-order chi connectivity index (χ1) is 0. The Bertz CT molecular complexity index is 33.2. The van der Waals surface area contributed by atoms with Crippen LogP contribution in [0.15, 0.2) is 0 Å². The average Bonchev–Trinajstić information content (AvgIpc) is 0. The van der Waals surface area contributed by atoms with Crippen LogP contribution >= 0.6 is 0 Å². The molecule has 10 heavy (non-hydrogen) atoms. The van der Waals surface area contributed by atoms with Crippen LogP contribution in [0.5, 0.6) is 0 Å². The Morgan fingerprint density at radius 2 is 1.00 bits per heavy atom. The van der Waals surface area contributed by atoms with Crippen LogP contribution in [0.25, 0.3) is 0 Å². The van der Waals surface area contributed by atoms with Crippen LogP contribution in [0.4, 0.5) is 0 Å². The zero-order valence-corrected chi connectivity index (χ0v) is 20.7. The summed E-state index contributed by atoms with van der Waals surface area (Å²) in [7, 11) is 0. The van der Waals surface area contributed by atoms with E-state index in [1.807, 2.05) is 0 Å². The topological polar surface area (TPSA) is 0 Å². The fourth-order valence-electron chi connectivity index (χ4n) is 0. The average molecular weight is 922 g/mol.